The molecule has 1 heterocycles. The summed E-state index contributed by atoms with van der Waals surface area (Å²) >= 11 is 0. The number of morpholine rings is 1. The molecule has 1 saturated heterocycles. The fraction of sp³-hybridized carbons (Fsp3) is 0.625. The highest BCUT2D eigenvalue weighted by atomic mass is 16.5. The zero-order valence-corrected chi connectivity index (χ0v) is 13.0. The van der Waals surface area contributed by atoms with E-state index in [1.165, 1.54) is 0 Å². The van der Waals surface area contributed by atoms with E-state index in [9.17, 15) is 0 Å². The summed E-state index contributed by atoms with van der Waals surface area (Å²) in [6.07, 6.45) is 0.282. The normalized spacial score (nSPS) is 19.4. The summed E-state index contributed by atoms with van der Waals surface area (Å²) < 4.78 is 16.7. The lowest BCUT2D eigenvalue weighted by Gasteiger charge is -2.32. The maximum absolute atomic E-state index is 5.75. The number of nitrogens with one attached hydrogen (secondary N) is 1. The van der Waals surface area contributed by atoms with Crippen molar-refractivity contribution in [3.05, 3.63) is 24.3 Å². The summed E-state index contributed by atoms with van der Waals surface area (Å²) in [6, 6.07) is 7.70. The highest BCUT2D eigenvalue weighted by Crippen LogP contribution is 2.25. The molecule has 1 aliphatic rings. The Bertz CT molecular complexity index is 414. The van der Waals surface area contributed by atoms with E-state index in [0.29, 0.717) is 6.61 Å². The molecule has 1 unspecified atom stereocenters. The first-order valence-electron chi connectivity index (χ1n) is 7.64. The SMILES string of the molecule is CCN1CCOC(CNCCOc2ccccc2OC)C1. The van der Waals surface area contributed by atoms with Gasteiger partial charge in [0.25, 0.3) is 0 Å². The fourth-order valence-electron chi connectivity index (χ4n) is 2.43. The van der Waals surface area contributed by atoms with Crippen LogP contribution in [0.4, 0.5) is 0 Å². The van der Waals surface area contributed by atoms with E-state index < -0.39 is 0 Å². The summed E-state index contributed by atoms with van der Waals surface area (Å²) in [5.74, 6) is 1.56. The summed E-state index contributed by atoms with van der Waals surface area (Å²) in [6.45, 7) is 8.45. The Labute approximate surface area is 127 Å². The van der Waals surface area contributed by atoms with Crippen LogP contribution in [-0.4, -0.2) is 64.1 Å². The first-order valence-corrected chi connectivity index (χ1v) is 7.64. The molecule has 0 saturated carbocycles. The van der Waals surface area contributed by atoms with Gasteiger partial charge in [0.2, 0.25) is 0 Å². The average molecular weight is 294 g/mol. The van der Waals surface area contributed by atoms with Crippen LogP contribution < -0.4 is 14.8 Å². The molecular formula is C16H26N2O3. The lowest BCUT2D eigenvalue weighted by atomic mass is 10.2. The Kier molecular flexibility index (Phi) is 6.79. The third-order valence-electron chi connectivity index (χ3n) is 3.65. The Morgan fingerprint density at radius 2 is 2.14 bits per heavy atom. The molecule has 1 fully saturated rings. The minimum absolute atomic E-state index is 0.282. The van der Waals surface area contributed by atoms with Crippen molar-refractivity contribution >= 4 is 0 Å². The van der Waals surface area contributed by atoms with Crippen molar-refractivity contribution in [3.63, 3.8) is 0 Å². The summed E-state index contributed by atoms with van der Waals surface area (Å²) in [4.78, 5) is 2.42. The van der Waals surface area contributed by atoms with Crippen LogP contribution in [0.2, 0.25) is 0 Å². The van der Waals surface area contributed by atoms with Crippen LogP contribution in [0, 0.1) is 0 Å². The van der Waals surface area contributed by atoms with Crippen LogP contribution in [0.5, 0.6) is 11.5 Å². The smallest absolute Gasteiger partial charge is 0.161 e. The number of para-hydroxylation sites is 2. The maximum Gasteiger partial charge on any atom is 0.161 e. The quantitative estimate of drug-likeness (QED) is 0.734. The molecule has 0 amide bonds. The zero-order valence-electron chi connectivity index (χ0n) is 13.0. The molecule has 5 nitrogen and oxygen atoms in total. The third kappa shape index (κ3) is 5.19. The topological polar surface area (TPSA) is 43.0 Å². The van der Waals surface area contributed by atoms with E-state index in [1.807, 2.05) is 24.3 Å². The third-order valence-corrected chi connectivity index (χ3v) is 3.65. The highest BCUT2D eigenvalue weighted by molar-refractivity contribution is 5.39. The molecule has 1 aromatic carbocycles. The van der Waals surface area contributed by atoms with Gasteiger partial charge in [-0.15, -0.1) is 0 Å². The molecule has 0 aromatic heterocycles. The average Bonchev–Trinajstić information content (AvgIpc) is 2.55. The van der Waals surface area contributed by atoms with Gasteiger partial charge in [-0.3, -0.25) is 4.90 Å². The van der Waals surface area contributed by atoms with Crippen molar-refractivity contribution in [1.82, 2.24) is 10.2 Å². The molecule has 1 aromatic rings. The van der Waals surface area contributed by atoms with Crippen LogP contribution in [0.25, 0.3) is 0 Å². The molecule has 1 N–H and O–H groups in total. The fourth-order valence-corrected chi connectivity index (χ4v) is 2.43. The van der Waals surface area contributed by atoms with Gasteiger partial charge in [0.05, 0.1) is 19.8 Å². The van der Waals surface area contributed by atoms with E-state index in [1.54, 1.807) is 7.11 Å². The van der Waals surface area contributed by atoms with Crippen molar-refractivity contribution in [1.29, 1.82) is 0 Å². The predicted octanol–water partition coefficient (Wildman–Crippen LogP) is 1.38. The van der Waals surface area contributed by atoms with Crippen molar-refractivity contribution in [2.24, 2.45) is 0 Å². The monoisotopic (exact) mass is 294 g/mol. The molecule has 2 rings (SSSR count). The number of benzene rings is 1. The van der Waals surface area contributed by atoms with Gasteiger partial charge in [0.15, 0.2) is 11.5 Å². The molecule has 118 valence electrons. The molecule has 21 heavy (non-hydrogen) atoms. The Morgan fingerprint density at radius 3 is 2.90 bits per heavy atom. The van der Waals surface area contributed by atoms with Gasteiger partial charge < -0.3 is 19.5 Å². The van der Waals surface area contributed by atoms with Crippen LogP contribution in [0.3, 0.4) is 0 Å². The minimum Gasteiger partial charge on any atom is -0.493 e. The Balaban J connectivity index is 1.61. The molecule has 0 bridgehead atoms. The second-order valence-corrected chi connectivity index (χ2v) is 5.09. The first kappa shape index (κ1) is 16.1. The largest absolute Gasteiger partial charge is 0.493 e. The zero-order chi connectivity index (χ0) is 14.9. The first-order chi connectivity index (χ1) is 10.3. The number of ether oxygens (including phenoxy) is 3. The number of rotatable bonds is 8. The molecule has 0 spiro atoms. The molecule has 0 radical (unpaired) electrons. The molecule has 1 atom stereocenters. The predicted molar refractivity (Wildman–Crippen MR) is 83.2 cm³/mol. The van der Waals surface area contributed by atoms with E-state index in [2.05, 4.69) is 17.1 Å². The number of likely N-dealkylation sites (N-methyl/N-ethyl adjacent to an activating group) is 1. The maximum atomic E-state index is 5.75. The van der Waals surface area contributed by atoms with Crippen molar-refractivity contribution in [2.75, 3.05) is 53.0 Å². The van der Waals surface area contributed by atoms with Gasteiger partial charge >= 0.3 is 0 Å². The van der Waals surface area contributed by atoms with Crippen LogP contribution in [0.1, 0.15) is 6.92 Å². The molecule has 1 aliphatic heterocycles. The van der Waals surface area contributed by atoms with Crippen molar-refractivity contribution in [2.45, 2.75) is 13.0 Å². The standard InChI is InChI=1S/C16H26N2O3/c1-3-18-9-11-20-14(13-18)12-17-8-10-21-16-7-5-4-6-15(16)19-2/h4-7,14,17H,3,8-13H2,1-2H3. The lowest BCUT2D eigenvalue weighted by molar-refractivity contribution is -0.0253. The van der Waals surface area contributed by atoms with Gasteiger partial charge in [-0.25, -0.2) is 0 Å². The Morgan fingerprint density at radius 1 is 1.33 bits per heavy atom. The number of nitrogens with zero attached hydrogens (tertiary/aromatic N) is 1. The van der Waals surface area contributed by atoms with Crippen LogP contribution >= 0.6 is 0 Å². The second-order valence-electron chi connectivity index (χ2n) is 5.09. The van der Waals surface area contributed by atoms with E-state index in [4.69, 9.17) is 14.2 Å². The summed E-state index contributed by atoms with van der Waals surface area (Å²) in [7, 11) is 1.65. The van der Waals surface area contributed by atoms with Gasteiger partial charge in [-0.05, 0) is 18.7 Å². The highest BCUT2D eigenvalue weighted by Gasteiger charge is 2.18. The number of methoxy groups -OCH3 is 1. The second kappa shape index (κ2) is 8.87. The molecule has 5 heteroatoms. The van der Waals surface area contributed by atoms with E-state index in [0.717, 1.165) is 50.8 Å². The molecular weight excluding hydrogens is 268 g/mol. The van der Waals surface area contributed by atoms with Gasteiger partial charge in [0, 0.05) is 26.2 Å². The van der Waals surface area contributed by atoms with Crippen LogP contribution in [-0.2, 0) is 4.74 Å². The van der Waals surface area contributed by atoms with Gasteiger partial charge in [-0.1, -0.05) is 19.1 Å². The van der Waals surface area contributed by atoms with E-state index in [-0.39, 0.29) is 6.10 Å². The number of hydrogen-bond donors (Lipinski definition) is 1. The van der Waals surface area contributed by atoms with Gasteiger partial charge in [-0.2, -0.15) is 0 Å². The number of hydrogen-bond acceptors (Lipinski definition) is 5. The minimum atomic E-state index is 0.282. The Hall–Kier alpha value is -1.30. The lowest BCUT2D eigenvalue weighted by Crippen LogP contribution is -2.46. The van der Waals surface area contributed by atoms with E-state index >= 15 is 0 Å². The summed E-state index contributed by atoms with van der Waals surface area (Å²) in [5, 5.41) is 3.39. The van der Waals surface area contributed by atoms with Crippen molar-refractivity contribution in [3.8, 4) is 11.5 Å². The summed E-state index contributed by atoms with van der Waals surface area (Å²) in [5.41, 5.74) is 0. The van der Waals surface area contributed by atoms with Crippen LogP contribution in [0.15, 0.2) is 24.3 Å². The molecule has 0 aliphatic carbocycles. The van der Waals surface area contributed by atoms with Gasteiger partial charge in [0.1, 0.15) is 6.61 Å². The van der Waals surface area contributed by atoms with Crippen molar-refractivity contribution < 1.29 is 14.2 Å².